The molecule has 0 unspecified atom stereocenters. The highest BCUT2D eigenvalue weighted by Gasteiger charge is 2.04. The molecule has 2 heterocycles. The minimum atomic E-state index is 0.777. The summed E-state index contributed by atoms with van der Waals surface area (Å²) in [4.78, 5) is 3.25. The molecule has 0 saturated heterocycles. The first-order valence-corrected chi connectivity index (χ1v) is 6.68. The van der Waals surface area contributed by atoms with Crippen molar-refractivity contribution in [2.45, 2.75) is 26.4 Å². The van der Waals surface area contributed by atoms with Crippen LogP contribution in [-0.4, -0.2) is 24.5 Å². The van der Waals surface area contributed by atoms with Crippen LogP contribution in [0.5, 0.6) is 0 Å². The lowest BCUT2D eigenvalue weighted by Gasteiger charge is -2.04. The molecular formula is C13H15N5S. The lowest BCUT2D eigenvalue weighted by atomic mass is 10.2. The topological polar surface area (TPSA) is 51.4 Å². The molecule has 0 bridgehead atoms. The van der Waals surface area contributed by atoms with Crippen LogP contribution >= 0.6 is 12.2 Å². The van der Waals surface area contributed by atoms with Gasteiger partial charge in [-0.25, -0.2) is 0 Å². The van der Waals surface area contributed by atoms with Crippen molar-refractivity contribution < 1.29 is 0 Å². The molecule has 19 heavy (non-hydrogen) atoms. The molecule has 0 radical (unpaired) electrons. The molecule has 2 aromatic heterocycles. The molecule has 3 aromatic rings. The molecule has 5 nitrogen and oxygen atoms in total. The maximum absolute atomic E-state index is 5.38. The van der Waals surface area contributed by atoms with Crippen molar-refractivity contribution in [3.8, 4) is 0 Å². The summed E-state index contributed by atoms with van der Waals surface area (Å²) in [5.74, 6) is 0. The summed E-state index contributed by atoms with van der Waals surface area (Å²) in [6.07, 6.45) is 4.54. The highest BCUT2D eigenvalue weighted by Crippen LogP contribution is 2.16. The van der Waals surface area contributed by atoms with Crippen molar-refractivity contribution in [3.63, 3.8) is 0 Å². The zero-order valence-corrected chi connectivity index (χ0v) is 11.5. The molecule has 0 spiro atoms. The molecule has 0 saturated carbocycles. The Hall–Kier alpha value is -1.95. The summed E-state index contributed by atoms with van der Waals surface area (Å²) in [5, 5.41) is 7.75. The molecule has 6 heteroatoms. The highest BCUT2D eigenvalue weighted by atomic mass is 32.1. The average molecular weight is 273 g/mol. The van der Waals surface area contributed by atoms with Gasteiger partial charge in [-0.3, -0.25) is 4.68 Å². The van der Waals surface area contributed by atoms with Gasteiger partial charge in [0.15, 0.2) is 4.77 Å². The van der Waals surface area contributed by atoms with Gasteiger partial charge in [0, 0.05) is 19.3 Å². The maximum Gasteiger partial charge on any atom is 0.178 e. The first kappa shape index (κ1) is 12.1. The molecule has 1 aromatic carbocycles. The fourth-order valence-electron chi connectivity index (χ4n) is 2.24. The number of aromatic nitrogens is 5. The van der Waals surface area contributed by atoms with Crippen LogP contribution in [0.25, 0.3) is 11.0 Å². The number of imidazole rings is 1. The Bertz CT molecular complexity index is 738. The third-order valence-corrected chi connectivity index (χ3v) is 3.49. The number of rotatable bonds is 4. The number of benzene rings is 1. The van der Waals surface area contributed by atoms with E-state index in [2.05, 4.69) is 45.0 Å². The average Bonchev–Trinajstić information content (AvgIpc) is 2.98. The molecule has 0 aliphatic rings. The maximum atomic E-state index is 5.38. The number of hydrogen-bond donors (Lipinski definition) is 1. The second kappa shape index (κ2) is 4.97. The van der Waals surface area contributed by atoms with Crippen LogP contribution in [0.4, 0.5) is 0 Å². The van der Waals surface area contributed by atoms with Gasteiger partial charge >= 0.3 is 0 Å². The van der Waals surface area contributed by atoms with Crippen LogP contribution in [0, 0.1) is 11.7 Å². The van der Waals surface area contributed by atoms with Crippen molar-refractivity contribution in [2.24, 2.45) is 0 Å². The number of aryl methyl sites for hydroxylation is 3. The zero-order chi connectivity index (χ0) is 13.2. The minimum Gasteiger partial charge on any atom is -0.331 e. The molecule has 3 rings (SSSR count). The van der Waals surface area contributed by atoms with Gasteiger partial charge in [-0.1, -0.05) is 11.3 Å². The first-order valence-electron chi connectivity index (χ1n) is 6.27. The Balaban J connectivity index is 1.80. The second-order valence-electron chi connectivity index (χ2n) is 4.62. The third-order valence-electron chi connectivity index (χ3n) is 3.17. The summed E-state index contributed by atoms with van der Waals surface area (Å²) in [7, 11) is 0. The van der Waals surface area contributed by atoms with E-state index < -0.39 is 0 Å². The van der Waals surface area contributed by atoms with E-state index in [1.807, 2.05) is 10.9 Å². The van der Waals surface area contributed by atoms with E-state index in [4.69, 9.17) is 12.2 Å². The Kier molecular flexibility index (Phi) is 3.16. The predicted molar refractivity (Wildman–Crippen MR) is 76.5 cm³/mol. The molecular weight excluding hydrogens is 258 g/mol. The second-order valence-corrected chi connectivity index (χ2v) is 5.01. The van der Waals surface area contributed by atoms with Gasteiger partial charge in [-0.05, 0) is 43.3 Å². The van der Waals surface area contributed by atoms with Crippen molar-refractivity contribution in [1.29, 1.82) is 0 Å². The summed E-state index contributed by atoms with van der Waals surface area (Å²) < 4.78 is 4.75. The first-order chi connectivity index (χ1) is 9.24. The lowest BCUT2D eigenvalue weighted by Crippen LogP contribution is -2.04. The van der Waals surface area contributed by atoms with Crippen LogP contribution in [0.15, 0.2) is 30.6 Å². The van der Waals surface area contributed by atoms with Crippen molar-refractivity contribution in [1.82, 2.24) is 24.5 Å². The van der Waals surface area contributed by atoms with Crippen molar-refractivity contribution in [3.05, 3.63) is 40.9 Å². The normalized spacial score (nSPS) is 11.2. The molecule has 98 valence electrons. The van der Waals surface area contributed by atoms with E-state index in [9.17, 15) is 0 Å². The summed E-state index contributed by atoms with van der Waals surface area (Å²) in [5.41, 5.74) is 3.50. The zero-order valence-electron chi connectivity index (χ0n) is 10.7. The van der Waals surface area contributed by atoms with E-state index in [1.54, 1.807) is 6.20 Å². The number of hydrogen-bond acceptors (Lipinski definition) is 3. The minimum absolute atomic E-state index is 0.777. The van der Waals surface area contributed by atoms with Gasteiger partial charge in [0.1, 0.15) is 0 Å². The molecule has 0 aliphatic heterocycles. The summed E-state index contributed by atoms with van der Waals surface area (Å²) in [6.45, 7) is 3.81. The van der Waals surface area contributed by atoms with E-state index in [0.717, 1.165) is 35.3 Å². The Labute approximate surface area is 115 Å². The van der Waals surface area contributed by atoms with E-state index in [0.29, 0.717) is 0 Å². The molecule has 0 fully saturated rings. The van der Waals surface area contributed by atoms with Crippen LogP contribution in [0.1, 0.15) is 12.0 Å². The number of nitrogens with one attached hydrogen (secondary N) is 1. The van der Waals surface area contributed by atoms with E-state index in [1.165, 1.54) is 5.56 Å². The summed E-state index contributed by atoms with van der Waals surface area (Å²) in [6, 6.07) is 6.35. The fourth-order valence-corrected chi connectivity index (χ4v) is 2.54. The van der Waals surface area contributed by atoms with Gasteiger partial charge < -0.3 is 9.55 Å². The van der Waals surface area contributed by atoms with Gasteiger partial charge in [0.05, 0.1) is 17.2 Å². The lowest BCUT2D eigenvalue weighted by molar-refractivity contribution is 0.517. The fraction of sp³-hybridized carbons (Fsp3) is 0.308. The Morgan fingerprint density at radius 1 is 1.32 bits per heavy atom. The third kappa shape index (κ3) is 2.44. The van der Waals surface area contributed by atoms with Gasteiger partial charge in [0.2, 0.25) is 0 Å². The molecule has 1 N–H and O–H groups in total. The Morgan fingerprint density at radius 2 is 2.21 bits per heavy atom. The molecule has 0 aliphatic carbocycles. The number of nitrogens with zero attached hydrogens (tertiary/aromatic N) is 4. The summed E-state index contributed by atoms with van der Waals surface area (Å²) >= 11 is 5.38. The van der Waals surface area contributed by atoms with E-state index in [-0.39, 0.29) is 0 Å². The number of H-pyrrole nitrogens is 1. The molecule has 0 atom stereocenters. The van der Waals surface area contributed by atoms with Crippen LogP contribution < -0.4 is 0 Å². The Morgan fingerprint density at radius 3 is 3.00 bits per heavy atom. The molecule has 0 amide bonds. The number of aromatic amines is 1. The van der Waals surface area contributed by atoms with Gasteiger partial charge in [0.25, 0.3) is 0 Å². The smallest absolute Gasteiger partial charge is 0.178 e. The van der Waals surface area contributed by atoms with Gasteiger partial charge in [-0.15, -0.1) is 5.10 Å². The van der Waals surface area contributed by atoms with Crippen LogP contribution in [0.2, 0.25) is 0 Å². The predicted octanol–water partition coefficient (Wildman–Crippen LogP) is 2.69. The van der Waals surface area contributed by atoms with Crippen LogP contribution in [0.3, 0.4) is 0 Å². The van der Waals surface area contributed by atoms with Crippen LogP contribution in [-0.2, 0) is 13.1 Å². The highest BCUT2D eigenvalue weighted by molar-refractivity contribution is 7.71. The SMILES string of the molecule is Cc1ccc2c(c1)[nH]c(=S)n2CCCn1ccnn1. The van der Waals surface area contributed by atoms with Crippen molar-refractivity contribution in [2.75, 3.05) is 0 Å². The van der Waals surface area contributed by atoms with E-state index >= 15 is 0 Å². The standard InChI is InChI=1S/C13H15N5S/c1-10-3-4-12-11(9-10)15-13(19)18(12)7-2-6-17-8-5-14-16-17/h3-5,8-9H,2,6-7H2,1H3,(H,15,19). The number of fused-ring (bicyclic) bond motifs is 1. The van der Waals surface area contributed by atoms with Crippen molar-refractivity contribution >= 4 is 23.3 Å². The monoisotopic (exact) mass is 273 g/mol. The largest absolute Gasteiger partial charge is 0.331 e. The quantitative estimate of drug-likeness (QED) is 0.744. The van der Waals surface area contributed by atoms with Gasteiger partial charge in [-0.2, -0.15) is 0 Å².